The van der Waals surface area contributed by atoms with Crippen LogP contribution in [-0.2, 0) is 20.9 Å². The van der Waals surface area contributed by atoms with Gasteiger partial charge in [0.15, 0.2) is 0 Å². The van der Waals surface area contributed by atoms with Gasteiger partial charge in [0.05, 0.1) is 5.92 Å². The minimum atomic E-state index is -0.963. The van der Waals surface area contributed by atoms with Crippen molar-refractivity contribution in [2.45, 2.75) is 57.0 Å². The summed E-state index contributed by atoms with van der Waals surface area (Å²) in [6.07, 6.45) is 8.54. The van der Waals surface area contributed by atoms with Crippen LogP contribution >= 0.6 is 0 Å². The molecule has 3 amide bonds. The van der Waals surface area contributed by atoms with Crippen molar-refractivity contribution in [3.8, 4) is 0 Å². The molecule has 2 aliphatic rings. The summed E-state index contributed by atoms with van der Waals surface area (Å²) in [6, 6.07) is 3.71. The number of primary amides is 1. The highest BCUT2D eigenvalue weighted by Gasteiger charge is 2.42. The van der Waals surface area contributed by atoms with Crippen LogP contribution < -0.4 is 11.1 Å². The molecule has 2 fully saturated rings. The van der Waals surface area contributed by atoms with E-state index in [-0.39, 0.29) is 18.2 Å². The molecular formula is C19H26N4O3. The van der Waals surface area contributed by atoms with Crippen LogP contribution in [0.2, 0.25) is 0 Å². The largest absolute Gasteiger partial charge is 0.368 e. The molecule has 0 bridgehead atoms. The van der Waals surface area contributed by atoms with Gasteiger partial charge in [-0.2, -0.15) is 0 Å². The molecule has 1 aromatic rings. The Bertz CT molecular complexity index is 669. The zero-order valence-corrected chi connectivity index (χ0v) is 14.9. The molecule has 1 atom stereocenters. The minimum absolute atomic E-state index is 0.0454. The summed E-state index contributed by atoms with van der Waals surface area (Å²) in [7, 11) is 0. The van der Waals surface area contributed by atoms with E-state index < -0.39 is 17.4 Å². The first-order chi connectivity index (χ1) is 12.5. The molecule has 1 unspecified atom stereocenters. The SMILES string of the molecule is NC(=O)C1(NC(=O)C2CC(=O)N(Cc3ccncc3)C2)CCCCCC1. The maximum Gasteiger partial charge on any atom is 0.243 e. The van der Waals surface area contributed by atoms with Crippen LogP contribution in [0.1, 0.15) is 50.5 Å². The first-order valence-corrected chi connectivity index (χ1v) is 9.29. The number of rotatable bonds is 5. The van der Waals surface area contributed by atoms with E-state index in [1.165, 1.54) is 0 Å². The van der Waals surface area contributed by atoms with Crippen molar-refractivity contribution in [3.05, 3.63) is 30.1 Å². The summed E-state index contributed by atoms with van der Waals surface area (Å²) in [5.74, 6) is -1.19. The average Bonchev–Trinajstić information content (AvgIpc) is 2.83. The molecule has 1 aliphatic heterocycles. The van der Waals surface area contributed by atoms with Crippen molar-refractivity contribution in [1.29, 1.82) is 0 Å². The number of nitrogens with one attached hydrogen (secondary N) is 1. The van der Waals surface area contributed by atoms with Crippen LogP contribution in [0.4, 0.5) is 0 Å². The fourth-order valence-corrected chi connectivity index (χ4v) is 3.91. The number of aromatic nitrogens is 1. The molecule has 1 aliphatic carbocycles. The molecule has 3 rings (SSSR count). The lowest BCUT2D eigenvalue weighted by Gasteiger charge is -2.31. The quantitative estimate of drug-likeness (QED) is 0.770. The number of pyridine rings is 1. The van der Waals surface area contributed by atoms with Crippen LogP contribution in [0.5, 0.6) is 0 Å². The van der Waals surface area contributed by atoms with Gasteiger partial charge in [0.1, 0.15) is 5.54 Å². The summed E-state index contributed by atoms with van der Waals surface area (Å²) in [5.41, 5.74) is 5.65. The predicted molar refractivity (Wildman–Crippen MR) is 95.5 cm³/mol. The van der Waals surface area contributed by atoms with Crippen molar-refractivity contribution in [3.63, 3.8) is 0 Å². The zero-order valence-electron chi connectivity index (χ0n) is 14.9. The smallest absolute Gasteiger partial charge is 0.243 e. The van der Waals surface area contributed by atoms with Crippen LogP contribution in [0.25, 0.3) is 0 Å². The van der Waals surface area contributed by atoms with Crippen molar-refractivity contribution >= 4 is 17.7 Å². The number of hydrogen-bond acceptors (Lipinski definition) is 4. The Morgan fingerprint density at radius 3 is 2.46 bits per heavy atom. The van der Waals surface area contributed by atoms with Crippen molar-refractivity contribution in [2.24, 2.45) is 11.7 Å². The van der Waals surface area contributed by atoms with Gasteiger partial charge in [-0.3, -0.25) is 19.4 Å². The predicted octanol–water partition coefficient (Wildman–Crippen LogP) is 1.12. The van der Waals surface area contributed by atoms with Crippen LogP contribution in [0.3, 0.4) is 0 Å². The van der Waals surface area contributed by atoms with Gasteiger partial charge in [0, 0.05) is 31.9 Å². The van der Waals surface area contributed by atoms with Crippen molar-refractivity contribution < 1.29 is 14.4 Å². The van der Waals surface area contributed by atoms with Crippen LogP contribution in [0, 0.1) is 5.92 Å². The second-order valence-corrected chi connectivity index (χ2v) is 7.38. The molecule has 2 heterocycles. The number of likely N-dealkylation sites (tertiary alicyclic amines) is 1. The zero-order chi connectivity index (χ0) is 18.6. The Kier molecular flexibility index (Phi) is 5.54. The first-order valence-electron chi connectivity index (χ1n) is 9.29. The maximum absolute atomic E-state index is 12.8. The molecule has 1 saturated heterocycles. The number of nitrogens with zero attached hydrogens (tertiary/aromatic N) is 2. The number of carbonyl (C=O) groups is 3. The Balaban J connectivity index is 1.64. The van der Waals surface area contributed by atoms with Crippen LogP contribution in [-0.4, -0.2) is 39.7 Å². The molecule has 7 heteroatoms. The number of hydrogen-bond donors (Lipinski definition) is 2. The molecule has 1 saturated carbocycles. The fraction of sp³-hybridized carbons (Fsp3) is 0.579. The van der Waals surface area contributed by atoms with E-state index in [0.29, 0.717) is 25.9 Å². The van der Waals surface area contributed by atoms with Crippen LogP contribution in [0.15, 0.2) is 24.5 Å². The molecule has 140 valence electrons. The van der Waals surface area contributed by atoms with Crippen molar-refractivity contribution in [1.82, 2.24) is 15.2 Å². The van der Waals surface area contributed by atoms with Gasteiger partial charge in [-0.1, -0.05) is 25.7 Å². The van der Waals surface area contributed by atoms with Gasteiger partial charge in [-0.15, -0.1) is 0 Å². The number of carbonyl (C=O) groups excluding carboxylic acids is 3. The molecule has 7 nitrogen and oxygen atoms in total. The minimum Gasteiger partial charge on any atom is -0.368 e. The summed E-state index contributed by atoms with van der Waals surface area (Å²) in [5, 5.41) is 2.92. The van der Waals surface area contributed by atoms with Gasteiger partial charge in [0.2, 0.25) is 17.7 Å². The van der Waals surface area contributed by atoms with Gasteiger partial charge < -0.3 is 16.0 Å². The highest BCUT2D eigenvalue weighted by Crippen LogP contribution is 2.28. The Labute approximate surface area is 153 Å². The van der Waals surface area contributed by atoms with Crippen molar-refractivity contribution in [2.75, 3.05) is 6.54 Å². The topological polar surface area (TPSA) is 105 Å². The standard InChI is InChI=1S/C19H26N4O3/c20-18(26)19(7-3-1-2-4-8-19)22-17(25)15-11-16(24)23(13-15)12-14-5-9-21-10-6-14/h5-6,9-10,15H,1-4,7-8,11-13H2,(H2,20,26)(H,22,25). The van der Waals surface area contributed by atoms with E-state index in [1.54, 1.807) is 17.3 Å². The fourth-order valence-electron chi connectivity index (χ4n) is 3.91. The molecule has 3 N–H and O–H groups in total. The van der Waals surface area contributed by atoms with E-state index in [2.05, 4.69) is 10.3 Å². The van der Waals surface area contributed by atoms with Gasteiger partial charge >= 0.3 is 0 Å². The maximum atomic E-state index is 12.8. The Morgan fingerprint density at radius 2 is 1.85 bits per heavy atom. The lowest BCUT2D eigenvalue weighted by molar-refractivity contribution is -0.134. The van der Waals surface area contributed by atoms with E-state index >= 15 is 0 Å². The average molecular weight is 358 g/mol. The van der Waals surface area contributed by atoms with Gasteiger partial charge in [-0.25, -0.2) is 0 Å². The summed E-state index contributed by atoms with van der Waals surface area (Å²) in [4.78, 5) is 42.8. The number of amides is 3. The third-order valence-electron chi connectivity index (χ3n) is 5.50. The van der Waals surface area contributed by atoms with E-state index in [0.717, 1.165) is 31.2 Å². The van der Waals surface area contributed by atoms with E-state index in [9.17, 15) is 14.4 Å². The highest BCUT2D eigenvalue weighted by atomic mass is 16.2. The molecule has 0 aromatic carbocycles. The second-order valence-electron chi connectivity index (χ2n) is 7.38. The van der Waals surface area contributed by atoms with Gasteiger partial charge in [-0.05, 0) is 30.5 Å². The molecule has 26 heavy (non-hydrogen) atoms. The van der Waals surface area contributed by atoms with Gasteiger partial charge in [0.25, 0.3) is 0 Å². The molecule has 1 aromatic heterocycles. The lowest BCUT2D eigenvalue weighted by Crippen LogP contribution is -2.58. The Morgan fingerprint density at radius 1 is 1.19 bits per heavy atom. The highest BCUT2D eigenvalue weighted by molar-refractivity contribution is 5.94. The molecule has 0 radical (unpaired) electrons. The third kappa shape index (κ3) is 4.03. The monoisotopic (exact) mass is 358 g/mol. The second kappa shape index (κ2) is 7.85. The normalized spacial score (nSPS) is 22.7. The summed E-state index contributed by atoms with van der Waals surface area (Å²) in [6.45, 7) is 0.827. The van der Waals surface area contributed by atoms with E-state index in [4.69, 9.17) is 5.73 Å². The molecule has 0 spiro atoms. The third-order valence-corrected chi connectivity index (χ3v) is 5.50. The summed E-state index contributed by atoms with van der Waals surface area (Å²) >= 11 is 0. The first kappa shape index (κ1) is 18.4. The Hall–Kier alpha value is -2.44. The van der Waals surface area contributed by atoms with E-state index in [1.807, 2.05) is 12.1 Å². The molecular weight excluding hydrogens is 332 g/mol. The summed E-state index contributed by atoms with van der Waals surface area (Å²) < 4.78 is 0. The number of nitrogens with two attached hydrogens (primary N) is 1. The lowest BCUT2D eigenvalue weighted by atomic mass is 9.88.